The van der Waals surface area contributed by atoms with Crippen LogP contribution in [0.2, 0.25) is 0 Å². The van der Waals surface area contributed by atoms with Crippen molar-refractivity contribution in [2.75, 3.05) is 41.1 Å². The SMILES string of the molecule is CO[C@H]1C[C@@H]2CC[C@@H](C)C(=O)C(O)(O2)C(=O)N2CCCC[C@H]2C(=O)O[C@H]([C@H](C)C[C@@H]2CC[C@@H](OC(=O)C3(C)COB(c4ccccc4)OC3)[C@H](OC)C2)CC(=O)C(C)=CC(C)[C@@H](O)[C@@H](OC)C(=O)[C@H](C)CC[C@H](C)C=CC=CC=C1C. The van der Waals surface area contributed by atoms with Gasteiger partial charge in [0.1, 0.15) is 29.8 Å². The molecule has 448 valence electrons. The van der Waals surface area contributed by atoms with Crippen molar-refractivity contribution < 1.29 is 76.7 Å². The van der Waals surface area contributed by atoms with Crippen LogP contribution in [0.1, 0.15) is 139 Å². The van der Waals surface area contributed by atoms with Gasteiger partial charge in [-0.2, -0.15) is 0 Å². The third-order valence-corrected chi connectivity index (χ3v) is 17.6. The lowest BCUT2D eigenvalue weighted by Crippen LogP contribution is -2.62. The maximum absolute atomic E-state index is 14.9. The highest BCUT2D eigenvalue weighted by molar-refractivity contribution is 6.61. The number of Topliss-reactive ketones (excluding diaryl/α,β-unsaturated/α-hetero) is 3. The number of ketones is 3. The molecule has 0 aromatic heterocycles. The van der Waals surface area contributed by atoms with E-state index in [1.165, 1.54) is 12.0 Å². The van der Waals surface area contributed by atoms with Gasteiger partial charge in [0, 0.05) is 71.7 Å². The normalized spacial score (nSPS) is 34.5. The second kappa shape index (κ2) is 30.2. The Bertz CT molecular complexity index is 2420. The molecule has 1 aliphatic carbocycles. The number of hydrogen-bond donors (Lipinski definition) is 2. The summed E-state index contributed by atoms with van der Waals surface area (Å²) in [5.41, 5.74) is 0.953. The third kappa shape index (κ3) is 17.0. The quantitative estimate of drug-likeness (QED) is 0.138. The van der Waals surface area contributed by atoms with E-state index in [0.717, 1.165) is 11.0 Å². The summed E-state index contributed by atoms with van der Waals surface area (Å²) in [4.78, 5) is 87.1. The topological polar surface area (TPSA) is 220 Å². The van der Waals surface area contributed by atoms with Crippen molar-refractivity contribution in [3.63, 3.8) is 0 Å². The molecule has 0 spiro atoms. The van der Waals surface area contributed by atoms with E-state index in [9.17, 15) is 39.0 Å². The van der Waals surface area contributed by atoms with Crippen LogP contribution in [0.5, 0.6) is 0 Å². The first kappa shape index (κ1) is 65.5. The van der Waals surface area contributed by atoms with Crippen LogP contribution in [0.15, 0.2) is 77.9 Å². The zero-order valence-electron chi connectivity index (χ0n) is 49.9. The van der Waals surface area contributed by atoms with E-state index in [-0.39, 0.29) is 68.0 Å². The Kier molecular flexibility index (Phi) is 24.5. The standard InChI is InChI=1S/C63H92BNO16/c1-39-20-14-12-15-21-40(2)52(74-9)35-48-29-27-42(4)58(69)63(73,81-48)60(71)65-31-19-18-24-49(65)59(70)79-53(36-50(66)43(5)32-45(7)56(68)57(76-11)55(67)41(3)26-25-39)44(6)33-46-28-30-51(54(34-46)75-10)80-61(72)62(8)37-77-64(78-38-62)47-22-16-13-17-23-47/h12-17,20-23,32,39,41-42,44-46,48-49,51-54,56-57,68,73H,18-19,24-31,33-38H2,1-11H3/t39-,41-,42-,44-,45?,46+,48+,49+,51-,52+,53+,54-,56-,57+,63?/m1/s1. The number of carbonyl (C=O) groups excluding carboxylic acids is 6. The summed E-state index contributed by atoms with van der Waals surface area (Å²) < 4.78 is 48.3. The highest BCUT2D eigenvalue weighted by atomic mass is 16.6. The highest BCUT2D eigenvalue weighted by Gasteiger charge is 2.55. The first-order valence-corrected chi connectivity index (χ1v) is 29.5. The molecular weight excluding hydrogens is 1040 g/mol. The number of aliphatic hydroxyl groups excluding tert-OH is 1. The van der Waals surface area contributed by atoms with Crippen molar-refractivity contribution in [3.05, 3.63) is 77.9 Å². The van der Waals surface area contributed by atoms with Gasteiger partial charge in [-0.05, 0) is 126 Å². The van der Waals surface area contributed by atoms with Crippen molar-refractivity contribution >= 4 is 47.8 Å². The van der Waals surface area contributed by atoms with Crippen LogP contribution < -0.4 is 5.46 Å². The molecule has 81 heavy (non-hydrogen) atoms. The second-order valence-corrected chi connectivity index (χ2v) is 24.2. The van der Waals surface area contributed by atoms with Gasteiger partial charge in [0.15, 0.2) is 11.6 Å². The summed E-state index contributed by atoms with van der Waals surface area (Å²) >= 11 is 0. The summed E-state index contributed by atoms with van der Waals surface area (Å²) in [5.74, 6) is -8.70. The van der Waals surface area contributed by atoms with Gasteiger partial charge in [0.2, 0.25) is 5.78 Å². The van der Waals surface area contributed by atoms with Crippen molar-refractivity contribution in [3.8, 4) is 0 Å². The predicted molar refractivity (Wildman–Crippen MR) is 305 cm³/mol. The third-order valence-electron chi connectivity index (χ3n) is 17.6. The molecule has 1 aromatic rings. The fraction of sp³-hybridized carbons (Fsp3) is 0.683. The van der Waals surface area contributed by atoms with Gasteiger partial charge in [-0.3, -0.25) is 24.0 Å². The molecule has 0 radical (unpaired) electrons. The Balaban J connectivity index is 1.25. The second-order valence-electron chi connectivity index (χ2n) is 24.2. The molecule has 4 aliphatic heterocycles. The van der Waals surface area contributed by atoms with Gasteiger partial charge in [-0.15, -0.1) is 0 Å². The molecule has 18 heteroatoms. The fourth-order valence-electron chi connectivity index (χ4n) is 12.1. The number of esters is 2. The Labute approximate surface area is 481 Å². The molecule has 5 aliphatic rings. The van der Waals surface area contributed by atoms with Gasteiger partial charge < -0.3 is 52.8 Å². The van der Waals surface area contributed by atoms with Crippen LogP contribution in [0.25, 0.3) is 0 Å². The summed E-state index contributed by atoms with van der Waals surface area (Å²) in [6, 6.07) is 8.30. The van der Waals surface area contributed by atoms with Gasteiger partial charge in [0.25, 0.3) is 5.91 Å². The molecule has 6 rings (SSSR count). The van der Waals surface area contributed by atoms with Crippen molar-refractivity contribution in [2.24, 2.45) is 40.9 Å². The van der Waals surface area contributed by atoms with Crippen molar-refractivity contribution in [1.82, 2.24) is 4.90 Å². The molecular formula is C63H92BNO16. The van der Waals surface area contributed by atoms with Gasteiger partial charge in [-0.1, -0.05) is 101 Å². The predicted octanol–water partition coefficient (Wildman–Crippen LogP) is 7.57. The number of benzene rings is 1. The summed E-state index contributed by atoms with van der Waals surface area (Å²) in [6.07, 6.45) is 10.9. The molecule has 1 saturated carbocycles. The van der Waals surface area contributed by atoms with E-state index in [2.05, 4.69) is 13.0 Å². The van der Waals surface area contributed by atoms with E-state index in [1.807, 2.05) is 75.4 Å². The number of rotatable bonds is 9. The number of piperidine rings is 1. The molecule has 2 unspecified atom stereocenters. The van der Waals surface area contributed by atoms with Crippen LogP contribution in [-0.4, -0.2) is 153 Å². The van der Waals surface area contributed by atoms with Crippen LogP contribution in [-0.2, 0) is 66.5 Å². The zero-order valence-corrected chi connectivity index (χ0v) is 49.9. The van der Waals surface area contributed by atoms with E-state index < -0.39 is 114 Å². The highest BCUT2D eigenvalue weighted by Crippen LogP contribution is 2.38. The lowest BCUT2D eigenvalue weighted by atomic mass is 9.75. The number of ether oxygens (including phenoxy) is 6. The minimum absolute atomic E-state index is 0.00627. The molecule has 2 N–H and O–H groups in total. The Morgan fingerprint density at radius 2 is 1.53 bits per heavy atom. The maximum atomic E-state index is 14.9. The average Bonchev–Trinajstić information content (AvgIpc) is 3.72. The number of hydrogen-bond acceptors (Lipinski definition) is 16. The number of nitrogens with zero attached hydrogens (tertiary/aromatic N) is 1. The maximum Gasteiger partial charge on any atom is 0.493 e. The Morgan fingerprint density at radius 1 is 0.827 bits per heavy atom. The molecule has 4 heterocycles. The zero-order chi connectivity index (χ0) is 59.2. The molecule has 4 fully saturated rings. The number of fused-ring (bicyclic) bond motifs is 3. The summed E-state index contributed by atoms with van der Waals surface area (Å²) in [7, 11) is 3.94. The Hall–Kier alpha value is -4.66. The summed E-state index contributed by atoms with van der Waals surface area (Å²) in [5, 5.41) is 23.9. The van der Waals surface area contributed by atoms with Crippen LogP contribution >= 0.6 is 0 Å². The van der Waals surface area contributed by atoms with Gasteiger partial charge in [-0.25, -0.2) is 4.79 Å². The van der Waals surface area contributed by atoms with Crippen LogP contribution in [0.3, 0.4) is 0 Å². The first-order chi connectivity index (χ1) is 38.5. The largest absolute Gasteiger partial charge is 0.493 e. The number of cyclic esters (lactones) is 1. The minimum Gasteiger partial charge on any atom is -0.460 e. The molecule has 17 nitrogen and oxygen atoms in total. The monoisotopic (exact) mass is 1130 g/mol. The van der Waals surface area contributed by atoms with E-state index in [4.69, 9.17) is 37.7 Å². The minimum atomic E-state index is -2.89. The van der Waals surface area contributed by atoms with E-state index in [1.54, 1.807) is 48.0 Å². The Morgan fingerprint density at radius 3 is 2.21 bits per heavy atom. The summed E-state index contributed by atoms with van der Waals surface area (Å²) in [6.45, 7) is 14.7. The van der Waals surface area contributed by atoms with E-state index >= 15 is 0 Å². The van der Waals surface area contributed by atoms with Crippen molar-refractivity contribution in [2.45, 2.75) is 193 Å². The number of carbonyl (C=O) groups is 6. The number of aliphatic hydroxyl groups is 2. The lowest BCUT2D eigenvalue weighted by Gasteiger charge is -2.40. The first-order valence-electron chi connectivity index (χ1n) is 29.5. The fourth-order valence-corrected chi connectivity index (χ4v) is 12.1. The van der Waals surface area contributed by atoms with Crippen LogP contribution in [0, 0.1) is 40.9 Å². The number of allylic oxidation sites excluding steroid dienone is 6. The van der Waals surface area contributed by atoms with Gasteiger partial charge >= 0.3 is 24.8 Å². The molecule has 1 aromatic carbocycles. The number of methoxy groups -OCH3 is 3. The smallest absolute Gasteiger partial charge is 0.460 e. The lowest BCUT2D eigenvalue weighted by molar-refractivity contribution is -0.231. The van der Waals surface area contributed by atoms with Crippen molar-refractivity contribution in [1.29, 1.82) is 0 Å². The van der Waals surface area contributed by atoms with Gasteiger partial charge in [0.05, 0.1) is 24.4 Å². The van der Waals surface area contributed by atoms with Crippen LogP contribution in [0.4, 0.5) is 0 Å². The number of amides is 1. The molecule has 2 bridgehead atoms. The molecule has 1 amide bonds. The van der Waals surface area contributed by atoms with E-state index in [0.29, 0.717) is 64.2 Å². The molecule has 3 saturated heterocycles. The molecule has 15 atom stereocenters. The average molecular weight is 1130 g/mol.